The zero-order chi connectivity index (χ0) is 38.5. The van der Waals surface area contributed by atoms with Crippen molar-refractivity contribution in [1.29, 1.82) is 0 Å². The third-order valence-corrected chi connectivity index (χ3v) is 9.10. The number of aliphatic carboxylic acids is 4. The van der Waals surface area contributed by atoms with Crippen molar-refractivity contribution < 1.29 is 63.9 Å². The van der Waals surface area contributed by atoms with Crippen LogP contribution in [0.1, 0.15) is 25.7 Å². The molecule has 50 heavy (non-hydrogen) atoms. The monoisotopic (exact) mass is 747 g/mol. The van der Waals surface area contributed by atoms with Crippen LogP contribution in [0.5, 0.6) is 5.75 Å². The number of nitrogens with one attached hydrogen (secondary N) is 2. The Balaban J connectivity index is 3.34. The average Bonchev–Trinajstić information content (AvgIpc) is 3.05. The first kappa shape index (κ1) is 43.5. The summed E-state index contributed by atoms with van der Waals surface area (Å²) in [4.78, 5) is 97.4. The predicted octanol–water partition coefficient (Wildman–Crippen LogP) is -3.04. The molecule has 0 bridgehead atoms. The summed E-state index contributed by atoms with van der Waals surface area (Å²) >= 11 is 1.63. The van der Waals surface area contributed by atoms with E-state index in [1.54, 1.807) is 19.0 Å². The van der Waals surface area contributed by atoms with Crippen LogP contribution >= 0.6 is 23.5 Å². The average molecular weight is 748 g/mol. The summed E-state index contributed by atoms with van der Waals surface area (Å²) in [5.41, 5.74) is 22.3. The lowest BCUT2D eigenvalue weighted by Crippen LogP contribution is -2.52. The summed E-state index contributed by atoms with van der Waals surface area (Å²) in [5, 5.41) is 52.2. The van der Waals surface area contributed by atoms with Gasteiger partial charge in [0.2, 0.25) is 11.8 Å². The van der Waals surface area contributed by atoms with Crippen molar-refractivity contribution in [2.24, 2.45) is 22.9 Å². The van der Waals surface area contributed by atoms with Crippen molar-refractivity contribution in [2.45, 2.75) is 71.7 Å². The van der Waals surface area contributed by atoms with E-state index in [4.69, 9.17) is 33.1 Å². The number of ketones is 2. The Labute approximate surface area is 293 Å². The molecule has 2 unspecified atom stereocenters. The molecule has 1 rings (SSSR count). The number of hydrogen-bond acceptors (Lipinski definition) is 16. The van der Waals surface area contributed by atoms with Crippen molar-refractivity contribution in [2.75, 3.05) is 30.5 Å². The molecule has 0 spiro atoms. The Kier molecular flexibility index (Phi) is 17.6. The number of benzene rings is 1. The van der Waals surface area contributed by atoms with Gasteiger partial charge in [0.25, 0.3) is 0 Å². The van der Waals surface area contributed by atoms with E-state index in [-0.39, 0.29) is 34.1 Å². The normalized spacial score (nSPS) is 14.6. The van der Waals surface area contributed by atoms with Gasteiger partial charge in [0.1, 0.15) is 17.8 Å². The number of thioether (sulfide) groups is 2. The van der Waals surface area contributed by atoms with E-state index in [0.29, 0.717) is 5.69 Å². The summed E-state index contributed by atoms with van der Waals surface area (Å²) in [5.74, 6) is -11.0. The van der Waals surface area contributed by atoms with Crippen LogP contribution < -0.4 is 38.5 Å². The van der Waals surface area contributed by atoms with Crippen LogP contribution in [0, 0.1) is 0 Å². The second-order valence-corrected chi connectivity index (χ2v) is 13.1. The molecular weight excluding hydrogens is 706 g/mol. The Bertz CT molecular complexity index is 1360. The van der Waals surface area contributed by atoms with Crippen LogP contribution in [0.2, 0.25) is 0 Å². The highest BCUT2D eigenvalue weighted by atomic mass is 32.2. The smallest absolute Gasteiger partial charge is 0.328 e. The maximum absolute atomic E-state index is 12.9. The molecule has 1 aromatic rings. The van der Waals surface area contributed by atoms with E-state index >= 15 is 0 Å². The third kappa shape index (κ3) is 13.8. The highest BCUT2D eigenvalue weighted by molar-refractivity contribution is 8.00. The molecular formula is C28H41N7O13S2. The van der Waals surface area contributed by atoms with Crippen molar-refractivity contribution in [3.05, 3.63) is 12.1 Å². The third-order valence-electron chi connectivity index (χ3n) is 6.85. The number of carbonyl (C=O) groups is 8. The maximum Gasteiger partial charge on any atom is 0.328 e. The molecule has 6 atom stereocenters. The number of aromatic hydroxyl groups is 1. The molecule has 0 aromatic heterocycles. The molecule has 0 aliphatic heterocycles. The molecule has 0 heterocycles. The molecule has 2 amide bonds. The minimum Gasteiger partial charge on any atom is -0.506 e. The number of anilines is 1. The molecule has 0 radical (unpaired) electrons. The first-order valence-corrected chi connectivity index (χ1v) is 16.5. The molecule has 0 fully saturated rings. The summed E-state index contributed by atoms with van der Waals surface area (Å²) in [6, 6.07) is -6.84. The van der Waals surface area contributed by atoms with E-state index in [1.807, 2.05) is 0 Å². The highest BCUT2D eigenvalue weighted by Crippen LogP contribution is 2.41. The topological polar surface area (TPSA) is 369 Å². The van der Waals surface area contributed by atoms with Gasteiger partial charge in [-0.15, -0.1) is 23.5 Å². The molecule has 0 aliphatic rings. The lowest BCUT2D eigenvalue weighted by Gasteiger charge is -2.22. The Morgan fingerprint density at radius 2 is 1.00 bits per heavy atom. The number of carboxylic acid groups (broad SMARTS) is 4. The van der Waals surface area contributed by atoms with Gasteiger partial charge in [-0.05, 0) is 25.0 Å². The number of nitrogens with zero attached hydrogens (tertiary/aromatic N) is 1. The number of phenolic OH excluding ortho intramolecular Hbond substituents is 1. The molecule has 0 saturated heterocycles. The maximum atomic E-state index is 12.9. The number of hydrogen-bond donors (Lipinski definition) is 11. The van der Waals surface area contributed by atoms with Crippen molar-refractivity contribution in [1.82, 2.24) is 10.6 Å². The first-order chi connectivity index (χ1) is 23.2. The molecule has 0 saturated carbocycles. The Morgan fingerprint density at radius 1 is 0.660 bits per heavy atom. The van der Waals surface area contributed by atoms with Crippen LogP contribution in [0.4, 0.5) is 5.69 Å². The van der Waals surface area contributed by atoms with Crippen LogP contribution in [-0.2, 0) is 38.4 Å². The fourth-order valence-electron chi connectivity index (χ4n) is 3.81. The molecule has 1 aromatic carbocycles. The van der Waals surface area contributed by atoms with Crippen LogP contribution in [0.25, 0.3) is 0 Å². The fourth-order valence-corrected chi connectivity index (χ4v) is 5.97. The van der Waals surface area contributed by atoms with Gasteiger partial charge in [-0.25, -0.2) is 0 Å². The lowest BCUT2D eigenvalue weighted by atomic mass is 10.1. The standard InChI is InChI=1S/C28H41N7O13S2/c1-35(2)11-7-16(49-9-14(22(38)20(31)27(45)46)33-18(36)5-3-12(29)25(41)42)24(40)17(8-11)50-10-15(23(39)21(32)28(47)48)34-19(37)6-4-13(30)26(43)44/h7-8,12-15,20-21,40H,3-6,9-10,29-32H2,1-2H3,(H,33,36)(H,34,37)(H,41,42)(H,43,44)(H,45,46)(H,47,48)/t12-,13-,14-,15-,20?,21?/m0/s1. The number of carbonyl (C=O) groups excluding carboxylic acids is 4. The van der Waals surface area contributed by atoms with Gasteiger partial charge in [-0.1, -0.05) is 0 Å². The quantitative estimate of drug-likeness (QED) is 0.0391. The van der Waals surface area contributed by atoms with Gasteiger partial charge in [0.05, 0.1) is 21.9 Å². The van der Waals surface area contributed by atoms with Gasteiger partial charge in [-0.3, -0.25) is 38.4 Å². The van der Waals surface area contributed by atoms with E-state index in [0.717, 1.165) is 23.5 Å². The second kappa shape index (κ2) is 20.3. The number of nitrogens with two attached hydrogens (primary N) is 4. The SMILES string of the molecule is CN(C)c1cc(SC[C@H](NC(=O)CC[C@H](N)C(=O)O)C(=O)C(N)C(=O)O)c(O)c(SC[C@H](NC(=O)CC[C@H](N)C(=O)O)C(=O)C(N)C(=O)O)c1. The van der Waals surface area contributed by atoms with Gasteiger partial charge >= 0.3 is 23.9 Å². The Hall–Kier alpha value is -4.48. The number of amides is 2. The van der Waals surface area contributed by atoms with E-state index in [1.165, 1.54) is 12.1 Å². The number of phenols is 1. The first-order valence-electron chi connectivity index (χ1n) is 14.6. The minimum atomic E-state index is -2.03. The summed E-state index contributed by atoms with van der Waals surface area (Å²) in [6.07, 6.45) is -1.41. The molecule has 0 aliphatic carbocycles. The largest absolute Gasteiger partial charge is 0.506 e. The van der Waals surface area contributed by atoms with Crippen molar-refractivity contribution in [3.8, 4) is 5.75 Å². The number of carboxylic acids is 4. The summed E-state index contributed by atoms with van der Waals surface area (Å²) < 4.78 is 0. The van der Waals surface area contributed by atoms with Crippen LogP contribution in [0.3, 0.4) is 0 Å². The van der Waals surface area contributed by atoms with Gasteiger partial charge in [-0.2, -0.15) is 0 Å². The number of rotatable bonds is 23. The molecule has 278 valence electrons. The fraction of sp³-hybridized carbons (Fsp3) is 0.500. The summed E-state index contributed by atoms with van der Waals surface area (Å²) in [7, 11) is 3.30. The Morgan fingerprint density at radius 3 is 1.28 bits per heavy atom. The predicted molar refractivity (Wildman–Crippen MR) is 179 cm³/mol. The van der Waals surface area contributed by atoms with Gasteiger partial charge in [0, 0.05) is 44.1 Å². The second-order valence-electron chi connectivity index (χ2n) is 11.0. The molecule has 20 nitrogen and oxygen atoms in total. The zero-order valence-electron chi connectivity index (χ0n) is 26.9. The lowest BCUT2D eigenvalue weighted by molar-refractivity contribution is -0.144. The van der Waals surface area contributed by atoms with E-state index < -0.39 is 102 Å². The zero-order valence-corrected chi connectivity index (χ0v) is 28.6. The van der Waals surface area contributed by atoms with Crippen LogP contribution in [0.15, 0.2) is 21.9 Å². The molecule has 22 heteroatoms. The van der Waals surface area contributed by atoms with Crippen LogP contribution in [-0.4, -0.2) is 135 Å². The van der Waals surface area contributed by atoms with Gasteiger partial charge < -0.3 is 64.0 Å². The van der Waals surface area contributed by atoms with E-state index in [2.05, 4.69) is 10.6 Å². The van der Waals surface area contributed by atoms with Crippen molar-refractivity contribution in [3.63, 3.8) is 0 Å². The van der Waals surface area contributed by atoms with Crippen molar-refractivity contribution >= 4 is 76.5 Å². The van der Waals surface area contributed by atoms with E-state index in [9.17, 15) is 53.7 Å². The minimum absolute atomic E-state index is 0.111. The highest BCUT2D eigenvalue weighted by Gasteiger charge is 2.33. The van der Waals surface area contributed by atoms with Gasteiger partial charge in [0.15, 0.2) is 23.7 Å². The number of Topliss-reactive ketones (excluding diaryl/α,β-unsaturated/α-hetero) is 2. The molecule has 15 N–H and O–H groups in total. The summed E-state index contributed by atoms with van der Waals surface area (Å²) in [6.45, 7) is 0.